The van der Waals surface area contributed by atoms with Gasteiger partial charge in [0.05, 0.1) is 10.9 Å². The summed E-state index contributed by atoms with van der Waals surface area (Å²) in [6, 6.07) is 30.3. The van der Waals surface area contributed by atoms with E-state index in [1.807, 2.05) is 0 Å². The molecule has 3 aromatic carbocycles. The predicted molar refractivity (Wildman–Crippen MR) is 102 cm³/mol. The Balaban J connectivity index is 0.000000300. The Kier molecular flexibility index (Phi) is 7.29. The van der Waals surface area contributed by atoms with Gasteiger partial charge in [-0.1, -0.05) is 48.5 Å². The van der Waals surface area contributed by atoms with Crippen molar-refractivity contribution in [2.24, 2.45) is 0 Å². The third-order valence-electron chi connectivity index (χ3n) is 3.47. The van der Waals surface area contributed by atoms with Gasteiger partial charge in [-0.2, -0.15) is 13.2 Å². The van der Waals surface area contributed by atoms with Crippen LogP contribution in [0.25, 0.3) is 0 Å². The van der Waals surface area contributed by atoms with E-state index in [1.54, 1.807) is 0 Å². The first-order chi connectivity index (χ1) is 13.1. The predicted octanol–water partition coefficient (Wildman–Crippen LogP) is 5.14. The molecule has 0 aliphatic rings. The maximum atomic E-state index is 10.7. The molecule has 3 rings (SSSR count). The Morgan fingerprint density at radius 1 is 0.750 bits per heavy atom. The average Bonchev–Trinajstić information content (AvgIpc) is 2.63. The minimum absolute atomic E-state index is 0.0249. The average molecular weight is 426 g/mol. The number of aryl methyl sites for hydroxylation is 1. The molecule has 0 saturated carbocycles. The number of benzene rings is 3. The first kappa shape index (κ1) is 22.0. The van der Waals surface area contributed by atoms with Crippen LogP contribution < -0.4 is 0 Å². The molecule has 0 radical (unpaired) electrons. The summed E-state index contributed by atoms with van der Waals surface area (Å²) in [4.78, 5) is 4.11. The molecule has 0 bridgehead atoms. The van der Waals surface area contributed by atoms with E-state index in [1.165, 1.54) is 20.2 Å². The number of halogens is 3. The minimum atomic E-state index is -6.09. The fraction of sp³-hybridized carbons (Fsp3) is 0.100. The summed E-state index contributed by atoms with van der Waals surface area (Å²) in [5.41, 5.74) is -4.33. The van der Waals surface area contributed by atoms with Crippen molar-refractivity contribution >= 4 is 21.0 Å². The Morgan fingerprint density at radius 3 is 1.50 bits per heavy atom. The molecule has 0 N–H and O–H groups in total. The lowest BCUT2D eigenvalue weighted by molar-refractivity contribution is -0.0517. The molecule has 0 atom stereocenters. The van der Waals surface area contributed by atoms with Crippen LogP contribution in [0.4, 0.5) is 13.2 Å². The van der Waals surface area contributed by atoms with Crippen LogP contribution in [-0.4, -0.2) is 18.5 Å². The number of hydrogen-bond acceptors (Lipinski definition) is 3. The van der Waals surface area contributed by atoms with E-state index in [0.29, 0.717) is 0 Å². The quantitative estimate of drug-likeness (QED) is 0.331. The van der Waals surface area contributed by atoms with Gasteiger partial charge < -0.3 is 4.55 Å². The molecule has 0 aromatic heterocycles. The van der Waals surface area contributed by atoms with Gasteiger partial charge in [-0.25, -0.2) is 8.42 Å². The fourth-order valence-electron chi connectivity index (χ4n) is 2.26. The van der Waals surface area contributed by atoms with Gasteiger partial charge in [0.25, 0.3) is 0 Å². The molecule has 0 spiro atoms. The normalized spacial score (nSPS) is 11.6. The van der Waals surface area contributed by atoms with Crippen LogP contribution in [-0.2, 0) is 21.0 Å². The van der Waals surface area contributed by atoms with E-state index in [-0.39, 0.29) is 10.9 Å². The molecule has 0 saturated heterocycles. The van der Waals surface area contributed by atoms with Crippen LogP contribution in [0.15, 0.2) is 99.6 Å². The highest BCUT2D eigenvalue weighted by Crippen LogP contribution is 2.31. The zero-order valence-corrected chi connectivity index (χ0v) is 16.4. The molecule has 0 aliphatic carbocycles. The third kappa shape index (κ3) is 6.12. The van der Waals surface area contributed by atoms with Crippen LogP contribution in [0, 0.1) is 6.92 Å². The van der Waals surface area contributed by atoms with Crippen LogP contribution in [0.1, 0.15) is 5.56 Å². The third-order valence-corrected chi connectivity index (χ3v) is 6.25. The summed E-state index contributed by atoms with van der Waals surface area (Å²) < 4.78 is 58.9. The molecule has 8 heteroatoms. The maximum Gasteiger partial charge on any atom is 0.485 e. The zero-order chi connectivity index (χ0) is 20.8. The summed E-state index contributed by atoms with van der Waals surface area (Å²) in [6.07, 6.45) is 0. The number of alkyl halides is 3. The van der Waals surface area contributed by atoms with Gasteiger partial charge in [0.1, 0.15) is 0 Å². The molecular weight excluding hydrogens is 409 g/mol. The second kappa shape index (κ2) is 9.27. The van der Waals surface area contributed by atoms with Gasteiger partial charge in [0.15, 0.2) is 24.8 Å². The van der Waals surface area contributed by atoms with Gasteiger partial charge in [0, 0.05) is 0 Å². The first-order valence-corrected chi connectivity index (χ1v) is 10.7. The van der Waals surface area contributed by atoms with Gasteiger partial charge in [-0.05, 0) is 48.9 Å². The van der Waals surface area contributed by atoms with E-state index in [4.69, 9.17) is 13.0 Å². The second-order valence-corrected chi connectivity index (χ2v) is 9.05. The first-order valence-electron chi connectivity index (χ1n) is 8.03. The molecular formula is C20H17F3O3S2. The van der Waals surface area contributed by atoms with Crippen LogP contribution in [0.2, 0.25) is 0 Å². The second-order valence-electron chi connectivity index (χ2n) is 5.65. The summed E-state index contributed by atoms with van der Waals surface area (Å²) in [5.74, 6) is 0. The van der Waals surface area contributed by atoms with Gasteiger partial charge in [0.2, 0.25) is 0 Å². The smallest absolute Gasteiger partial charge is 0.485 e. The highest BCUT2D eigenvalue weighted by Gasteiger charge is 2.36. The molecule has 0 heterocycles. The Bertz CT molecular complexity index is 950. The largest absolute Gasteiger partial charge is 0.741 e. The SMILES string of the molecule is Cc1cccc([S+](c2ccccc2)c2ccccc2)c1.O=S(=O)([O-])C(F)(F)F. The van der Waals surface area contributed by atoms with Gasteiger partial charge >= 0.3 is 5.51 Å². The summed E-state index contributed by atoms with van der Waals surface area (Å²) in [7, 11) is -6.12. The van der Waals surface area contributed by atoms with Crippen molar-refractivity contribution in [2.75, 3.05) is 0 Å². The Hall–Kier alpha value is -2.29. The van der Waals surface area contributed by atoms with E-state index in [0.717, 1.165) is 0 Å². The monoisotopic (exact) mass is 426 g/mol. The highest BCUT2D eigenvalue weighted by atomic mass is 32.2. The van der Waals surface area contributed by atoms with Crippen LogP contribution in [0.3, 0.4) is 0 Å². The lowest BCUT2D eigenvalue weighted by atomic mass is 10.2. The Morgan fingerprint density at radius 2 is 1.14 bits per heavy atom. The standard InChI is InChI=1S/C19H17S.CHF3O3S/c1-16-9-8-14-19(15-16)20(17-10-4-2-5-11-17)18-12-6-3-7-13-18;2-1(3,4)8(5,6)7/h2-15H,1H3;(H,5,6,7)/q+1;/p-1. The highest BCUT2D eigenvalue weighted by molar-refractivity contribution is 7.97. The molecule has 0 unspecified atom stereocenters. The molecule has 3 nitrogen and oxygen atoms in total. The van der Waals surface area contributed by atoms with Crippen molar-refractivity contribution in [3.05, 3.63) is 90.5 Å². The summed E-state index contributed by atoms with van der Waals surface area (Å²) >= 11 is 0. The summed E-state index contributed by atoms with van der Waals surface area (Å²) in [5, 5.41) is 0. The van der Waals surface area contributed by atoms with Crippen molar-refractivity contribution in [2.45, 2.75) is 27.1 Å². The van der Waals surface area contributed by atoms with Crippen molar-refractivity contribution in [1.82, 2.24) is 0 Å². The molecule has 148 valence electrons. The zero-order valence-electron chi connectivity index (χ0n) is 14.8. The van der Waals surface area contributed by atoms with E-state index in [9.17, 15) is 13.2 Å². The minimum Gasteiger partial charge on any atom is -0.741 e. The Labute approximate surface area is 164 Å². The van der Waals surface area contributed by atoms with E-state index < -0.39 is 15.6 Å². The van der Waals surface area contributed by atoms with Crippen molar-refractivity contribution < 1.29 is 26.1 Å². The maximum absolute atomic E-state index is 10.7. The number of hydrogen-bond donors (Lipinski definition) is 0. The van der Waals surface area contributed by atoms with E-state index >= 15 is 0 Å². The lowest BCUT2D eigenvalue weighted by Crippen LogP contribution is -2.21. The van der Waals surface area contributed by atoms with Crippen LogP contribution in [0.5, 0.6) is 0 Å². The fourth-order valence-corrected chi connectivity index (χ4v) is 4.46. The van der Waals surface area contributed by atoms with Gasteiger partial charge in [-0.15, -0.1) is 0 Å². The van der Waals surface area contributed by atoms with Crippen molar-refractivity contribution in [3.8, 4) is 0 Å². The molecule has 0 fully saturated rings. The van der Waals surface area contributed by atoms with Crippen molar-refractivity contribution in [1.29, 1.82) is 0 Å². The molecule has 0 aliphatic heterocycles. The topological polar surface area (TPSA) is 57.2 Å². The summed E-state index contributed by atoms with van der Waals surface area (Å²) in [6.45, 7) is 2.15. The number of rotatable bonds is 3. The molecule has 0 amide bonds. The van der Waals surface area contributed by atoms with E-state index in [2.05, 4.69) is 91.9 Å². The van der Waals surface area contributed by atoms with Crippen molar-refractivity contribution in [3.63, 3.8) is 0 Å². The van der Waals surface area contributed by atoms with Gasteiger partial charge in [-0.3, -0.25) is 0 Å². The molecule has 3 aromatic rings. The molecule has 28 heavy (non-hydrogen) atoms. The van der Waals surface area contributed by atoms with Crippen LogP contribution >= 0.6 is 0 Å². The lowest BCUT2D eigenvalue weighted by Gasteiger charge is -2.08.